The predicted octanol–water partition coefficient (Wildman–Crippen LogP) is 3.72. The van der Waals surface area contributed by atoms with Gasteiger partial charge in [-0.15, -0.1) is 0 Å². The van der Waals surface area contributed by atoms with Crippen molar-refractivity contribution in [1.29, 1.82) is 0 Å². The van der Waals surface area contributed by atoms with Gasteiger partial charge in [-0.05, 0) is 19.8 Å². The highest BCUT2D eigenvalue weighted by atomic mass is 32.3. The zero-order valence-corrected chi connectivity index (χ0v) is 17.0. The highest BCUT2D eigenvalue weighted by Gasteiger charge is 1.99. The number of hydrogen-bond donors (Lipinski definition) is 0. The van der Waals surface area contributed by atoms with E-state index in [1.54, 1.807) is 0 Å². The Bertz CT molecular complexity index is 515. The third-order valence-corrected chi connectivity index (χ3v) is 4.38. The molecule has 148 valence electrons. The molecule has 0 aromatic carbocycles. The van der Waals surface area contributed by atoms with Crippen molar-refractivity contribution in [3.63, 3.8) is 0 Å². The summed E-state index contributed by atoms with van der Waals surface area (Å²) >= 11 is 0. The Morgan fingerprint density at radius 1 is 0.960 bits per heavy atom. The van der Waals surface area contributed by atoms with Crippen LogP contribution in [0, 0.1) is 0 Å². The summed E-state index contributed by atoms with van der Waals surface area (Å²) in [6, 6.07) is 0. The van der Waals surface area contributed by atoms with E-state index in [2.05, 4.69) is 46.0 Å². The summed E-state index contributed by atoms with van der Waals surface area (Å²) in [5.41, 5.74) is 0. The lowest BCUT2D eigenvalue weighted by Gasteiger charge is -2.02. The molecule has 0 unspecified atom stereocenters. The number of hydrogen-bond acceptors (Lipinski definition) is 4. The van der Waals surface area contributed by atoms with Gasteiger partial charge >= 0.3 is 0 Å². The van der Waals surface area contributed by atoms with Gasteiger partial charge < -0.3 is 4.55 Å². The average molecular weight is 377 g/mol. The number of nitrogens with zero attached hydrogens (tertiary/aromatic N) is 2. The van der Waals surface area contributed by atoms with Crippen molar-refractivity contribution in [3.8, 4) is 0 Å². The van der Waals surface area contributed by atoms with Crippen molar-refractivity contribution in [1.82, 2.24) is 4.57 Å². The van der Waals surface area contributed by atoms with E-state index < -0.39 is 10.4 Å². The number of rotatable bonds is 13. The molecule has 0 saturated heterocycles. The van der Waals surface area contributed by atoms with Gasteiger partial charge in [-0.3, -0.25) is 4.18 Å². The first kappa shape index (κ1) is 24.1. The molecule has 1 rings (SSSR count). The Kier molecular flexibility index (Phi) is 14.8. The van der Waals surface area contributed by atoms with Crippen LogP contribution in [0.5, 0.6) is 0 Å². The molecule has 0 atom stereocenters. The molecule has 1 heterocycles. The molecule has 0 saturated carbocycles. The summed E-state index contributed by atoms with van der Waals surface area (Å²) in [4.78, 5) is 0. The Balaban J connectivity index is 0.000000697. The molecular weight excluding hydrogens is 340 g/mol. The van der Waals surface area contributed by atoms with E-state index in [1.807, 2.05) is 0 Å². The van der Waals surface area contributed by atoms with Gasteiger partial charge in [0.15, 0.2) is 0 Å². The van der Waals surface area contributed by atoms with Gasteiger partial charge in [-0.2, -0.15) is 0 Å². The van der Waals surface area contributed by atoms with Gasteiger partial charge in [0, 0.05) is 0 Å². The Hall–Kier alpha value is -0.920. The van der Waals surface area contributed by atoms with Crippen LogP contribution in [0.1, 0.15) is 78.1 Å². The minimum atomic E-state index is -4.42. The summed E-state index contributed by atoms with van der Waals surface area (Å²) in [7, 11) is -2.35. The maximum absolute atomic E-state index is 9.45. The molecule has 0 aliphatic carbocycles. The predicted molar refractivity (Wildman–Crippen MR) is 98.8 cm³/mol. The van der Waals surface area contributed by atoms with E-state index in [0.717, 1.165) is 0 Å². The molecule has 7 heteroatoms. The van der Waals surface area contributed by atoms with Crippen molar-refractivity contribution in [2.45, 2.75) is 84.6 Å². The second-order valence-electron chi connectivity index (χ2n) is 6.31. The standard InChI is InChI=1S/C16H31N2.C2H6O4S/c1-3-4-5-6-7-8-9-10-11-12-13-18-15-14-17(2)16-18;1-2-6-7(3,4)5/h14-16H,3-13H2,1-2H3;2H2,1H3,(H,3,4,5)/q+1;/p-1. The Morgan fingerprint density at radius 2 is 1.48 bits per heavy atom. The second-order valence-corrected chi connectivity index (χ2v) is 7.37. The molecule has 25 heavy (non-hydrogen) atoms. The van der Waals surface area contributed by atoms with Crippen molar-refractivity contribution in [2.75, 3.05) is 6.61 Å². The van der Waals surface area contributed by atoms with E-state index in [9.17, 15) is 13.0 Å². The molecule has 0 bridgehead atoms. The first-order valence-electron chi connectivity index (χ1n) is 9.50. The van der Waals surface area contributed by atoms with Crippen LogP contribution < -0.4 is 4.57 Å². The van der Waals surface area contributed by atoms with Crippen molar-refractivity contribution in [3.05, 3.63) is 18.7 Å². The molecule has 0 spiro atoms. The summed E-state index contributed by atoms with van der Waals surface area (Å²) < 4.78 is 36.4. The lowest BCUT2D eigenvalue weighted by Crippen LogP contribution is -2.23. The smallest absolute Gasteiger partial charge is 0.243 e. The monoisotopic (exact) mass is 376 g/mol. The van der Waals surface area contributed by atoms with E-state index >= 15 is 0 Å². The highest BCUT2D eigenvalue weighted by Crippen LogP contribution is 2.10. The molecule has 0 amide bonds. The van der Waals surface area contributed by atoms with E-state index in [4.69, 9.17) is 0 Å². The quantitative estimate of drug-likeness (QED) is 0.228. The van der Waals surface area contributed by atoms with Crippen LogP contribution in [0.2, 0.25) is 0 Å². The van der Waals surface area contributed by atoms with Crippen LogP contribution in [0.3, 0.4) is 0 Å². The van der Waals surface area contributed by atoms with Crippen LogP contribution in [-0.2, 0) is 28.2 Å². The fraction of sp³-hybridized carbons (Fsp3) is 0.833. The van der Waals surface area contributed by atoms with Crippen molar-refractivity contribution < 1.29 is 21.7 Å². The van der Waals surface area contributed by atoms with Crippen LogP contribution in [-0.4, -0.2) is 24.1 Å². The number of aryl methyl sites for hydroxylation is 2. The van der Waals surface area contributed by atoms with E-state index in [0.29, 0.717) is 0 Å². The second kappa shape index (κ2) is 15.3. The molecule has 1 aromatic rings. The maximum atomic E-state index is 9.45. The minimum Gasteiger partial charge on any atom is -0.726 e. The fourth-order valence-corrected chi connectivity index (χ4v) is 2.85. The van der Waals surface area contributed by atoms with Crippen molar-refractivity contribution in [2.24, 2.45) is 7.05 Å². The zero-order valence-electron chi connectivity index (χ0n) is 16.2. The summed E-state index contributed by atoms with van der Waals surface area (Å²) in [6.45, 7) is 4.80. The van der Waals surface area contributed by atoms with Gasteiger partial charge in [0.1, 0.15) is 12.4 Å². The normalized spacial score (nSPS) is 11.2. The third kappa shape index (κ3) is 17.7. The molecule has 0 aliphatic heterocycles. The molecule has 6 nitrogen and oxygen atoms in total. The summed E-state index contributed by atoms with van der Waals surface area (Å²) in [6.07, 6.45) is 20.6. The van der Waals surface area contributed by atoms with Crippen LogP contribution in [0.15, 0.2) is 18.7 Å². The topological polar surface area (TPSA) is 75.2 Å². The summed E-state index contributed by atoms with van der Waals surface area (Å²) in [5.74, 6) is 0. The lowest BCUT2D eigenvalue weighted by atomic mass is 10.1. The number of imidazole rings is 1. The third-order valence-electron chi connectivity index (χ3n) is 3.86. The maximum Gasteiger partial charge on any atom is 0.243 e. The minimum absolute atomic E-state index is 0.0914. The van der Waals surface area contributed by atoms with Gasteiger partial charge in [0.2, 0.25) is 16.7 Å². The summed E-state index contributed by atoms with van der Waals surface area (Å²) in [5, 5.41) is 0. The fourth-order valence-electron chi connectivity index (χ4n) is 2.56. The van der Waals surface area contributed by atoms with Gasteiger partial charge in [0.25, 0.3) is 0 Å². The van der Waals surface area contributed by atoms with Gasteiger partial charge in [-0.25, -0.2) is 17.6 Å². The van der Waals surface area contributed by atoms with Crippen LogP contribution in [0.25, 0.3) is 0 Å². The van der Waals surface area contributed by atoms with Crippen LogP contribution in [0.4, 0.5) is 0 Å². The van der Waals surface area contributed by atoms with Crippen LogP contribution >= 0.6 is 0 Å². The largest absolute Gasteiger partial charge is 0.726 e. The molecule has 0 radical (unpaired) electrons. The zero-order chi connectivity index (χ0) is 19.0. The average Bonchev–Trinajstić information content (AvgIpc) is 2.94. The lowest BCUT2D eigenvalue weighted by molar-refractivity contribution is -0.671. The molecule has 0 N–H and O–H groups in total. The van der Waals surface area contributed by atoms with E-state index in [1.165, 1.54) is 77.7 Å². The van der Waals surface area contributed by atoms with E-state index in [-0.39, 0.29) is 6.61 Å². The highest BCUT2D eigenvalue weighted by molar-refractivity contribution is 7.80. The molecular formula is C18H36N2O4S. The molecule has 0 fully saturated rings. The van der Waals surface area contributed by atoms with Crippen molar-refractivity contribution >= 4 is 10.4 Å². The van der Waals surface area contributed by atoms with Gasteiger partial charge in [0.05, 0.1) is 20.2 Å². The van der Waals surface area contributed by atoms with Gasteiger partial charge in [-0.1, -0.05) is 58.3 Å². The SMILES string of the molecule is CCCCCCCCCCCCn1cc[n+](C)c1.CCOS(=O)(=O)[O-]. The first-order valence-corrected chi connectivity index (χ1v) is 10.8. The Morgan fingerprint density at radius 3 is 1.84 bits per heavy atom. The first-order chi connectivity index (χ1) is 11.9. The molecule has 1 aromatic heterocycles. The molecule has 0 aliphatic rings. The number of unbranched alkanes of at least 4 members (excludes halogenated alkanes) is 9. The number of aromatic nitrogens is 2. The Labute approximate surface area is 154 Å².